The summed E-state index contributed by atoms with van der Waals surface area (Å²) in [4.78, 5) is 6.12. The summed E-state index contributed by atoms with van der Waals surface area (Å²) in [6.07, 6.45) is 7.01. The maximum absolute atomic E-state index is 5.86. The number of hydrogen-bond donors (Lipinski definition) is 1. The van der Waals surface area contributed by atoms with Crippen molar-refractivity contribution in [1.82, 2.24) is 9.88 Å². The van der Waals surface area contributed by atoms with Gasteiger partial charge in [-0.1, -0.05) is 29.8 Å². The quantitative estimate of drug-likeness (QED) is 0.524. The zero-order chi connectivity index (χ0) is 22.1. The first-order valence-electron chi connectivity index (χ1n) is 12.2. The molecule has 0 bridgehead atoms. The second-order valence-electron chi connectivity index (χ2n) is 9.77. The highest BCUT2D eigenvalue weighted by Gasteiger charge is 2.35. The number of fused-ring (bicyclic) bond motifs is 1. The smallest absolute Gasteiger partial charge is 0.124 e. The van der Waals surface area contributed by atoms with E-state index in [4.69, 9.17) is 9.47 Å². The van der Waals surface area contributed by atoms with Gasteiger partial charge in [-0.3, -0.25) is 4.90 Å². The molecule has 1 N–H and O–H groups in total. The molecule has 0 saturated carbocycles. The van der Waals surface area contributed by atoms with E-state index in [-0.39, 0.29) is 0 Å². The predicted octanol–water partition coefficient (Wildman–Crippen LogP) is 6.17. The van der Waals surface area contributed by atoms with E-state index in [0.29, 0.717) is 6.04 Å². The number of aromatic amines is 1. The fourth-order valence-corrected chi connectivity index (χ4v) is 5.97. The van der Waals surface area contributed by atoms with Gasteiger partial charge in [0, 0.05) is 48.5 Å². The second kappa shape index (κ2) is 9.29. The minimum atomic E-state index is 0.442. The van der Waals surface area contributed by atoms with Crippen LogP contribution in [0.1, 0.15) is 54.0 Å². The van der Waals surface area contributed by atoms with E-state index in [9.17, 15) is 0 Å². The first-order chi connectivity index (χ1) is 15.6. The van der Waals surface area contributed by atoms with E-state index >= 15 is 0 Å². The summed E-state index contributed by atoms with van der Waals surface area (Å²) >= 11 is 0. The van der Waals surface area contributed by atoms with Crippen LogP contribution < -0.4 is 4.74 Å². The van der Waals surface area contributed by atoms with Gasteiger partial charge in [0.2, 0.25) is 0 Å². The molecule has 4 nitrogen and oxygen atoms in total. The van der Waals surface area contributed by atoms with Crippen LogP contribution in [0.4, 0.5) is 0 Å². The summed E-state index contributed by atoms with van der Waals surface area (Å²) in [6, 6.07) is 14.1. The van der Waals surface area contributed by atoms with E-state index in [0.717, 1.165) is 43.9 Å². The van der Waals surface area contributed by atoms with Crippen molar-refractivity contribution < 1.29 is 9.47 Å². The fourth-order valence-electron chi connectivity index (χ4n) is 5.97. The molecule has 2 aromatic carbocycles. The molecule has 32 heavy (non-hydrogen) atoms. The van der Waals surface area contributed by atoms with Crippen molar-refractivity contribution in [2.45, 2.75) is 52.1 Å². The molecule has 0 aliphatic carbocycles. The Kier molecular flexibility index (Phi) is 6.25. The van der Waals surface area contributed by atoms with E-state index < -0.39 is 0 Å². The SMILES string of the molecule is COc1cc(C)c2[nH]ccc2c1CN1CCC(C2CCOCC2)CC1c1ccc(C)cc1. The van der Waals surface area contributed by atoms with Crippen molar-refractivity contribution in [3.8, 4) is 5.75 Å². The van der Waals surface area contributed by atoms with Crippen molar-refractivity contribution in [3.63, 3.8) is 0 Å². The Balaban J connectivity index is 1.47. The topological polar surface area (TPSA) is 37.5 Å². The molecule has 3 aromatic rings. The van der Waals surface area contributed by atoms with Crippen molar-refractivity contribution in [3.05, 3.63) is 64.8 Å². The van der Waals surface area contributed by atoms with Gasteiger partial charge in [-0.2, -0.15) is 0 Å². The van der Waals surface area contributed by atoms with Crippen LogP contribution >= 0.6 is 0 Å². The van der Waals surface area contributed by atoms with Gasteiger partial charge in [0.25, 0.3) is 0 Å². The van der Waals surface area contributed by atoms with Crippen LogP contribution in [0.5, 0.6) is 5.75 Å². The van der Waals surface area contributed by atoms with Gasteiger partial charge >= 0.3 is 0 Å². The molecule has 1 aromatic heterocycles. The minimum Gasteiger partial charge on any atom is -0.496 e. The summed E-state index contributed by atoms with van der Waals surface area (Å²) in [5, 5.41) is 1.29. The number of methoxy groups -OCH3 is 1. The van der Waals surface area contributed by atoms with E-state index in [1.165, 1.54) is 58.8 Å². The van der Waals surface area contributed by atoms with E-state index in [1.54, 1.807) is 7.11 Å². The molecule has 170 valence electrons. The number of ether oxygens (including phenoxy) is 2. The Hall–Kier alpha value is -2.30. The van der Waals surface area contributed by atoms with Crippen LogP contribution in [0, 0.1) is 25.7 Å². The third-order valence-electron chi connectivity index (χ3n) is 7.84. The molecule has 0 amide bonds. The molecule has 2 atom stereocenters. The van der Waals surface area contributed by atoms with Gasteiger partial charge in [-0.15, -0.1) is 0 Å². The van der Waals surface area contributed by atoms with Crippen molar-refractivity contribution >= 4 is 10.9 Å². The zero-order valence-corrected chi connectivity index (χ0v) is 19.7. The van der Waals surface area contributed by atoms with E-state index in [2.05, 4.69) is 66.3 Å². The van der Waals surface area contributed by atoms with Crippen molar-refractivity contribution in [2.24, 2.45) is 11.8 Å². The lowest BCUT2D eigenvalue weighted by Gasteiger charge is -2.43. The van der Waals surface area contributed by atoms with Crippen LogP contribution in [0.3, 0.4) is 0 Å². The number of nitrogens with one attached hydrogen (secondary N) is 1. The average Bonchev–Trinajstić information content (AvgIpc) is 3.33. The Morgan fingerprint density at radius 2 is 1.81 bits per heavy atom. The Bertz CT molecular complexity index is 1050. The Labute approximate surface area is 191 Å². The Morgan fingerprint density at radius 1 is 1.03 bits per heavy atom. The fraction of sp³-hybridized carbons (Fsp3) is 0.500. The summed E-state index contributed by atoms with van der Waals surface area (Å²) in [7, 11) is 1.80. The lowest BCUT2D eigenvalue weighted by molar-refractivity contribution is 0.0141. The molecule has 4 heteroatoms. The number of piperidine rings is 1. The molecule has 2 fully saturated rings. The molecule has 5 rings (SSSR count). The van der Waals surface area contributed by atoms with E-state index in [1.807, 2.05) is 0 Å². The highest BCUT2D eigenvalue weighted by molar-refractivity contribution is 5.88. The standard InChI is InChI=1S/C28H36N2O2/c1-19-4-6-22(7-5-19)26-17-23(21-10-14-32-15-11-21)9-13-30(26)18-25-24-8-12-29-28(24)20(2)16-27(25)31-3/h4-8,12,16,21,23,26,29H,9-11,13-15,17-18H2,1-3H3. The zero-order valence-electron chi connectivity index (χ0n) is 19.7. The summed E-state index contributed by atoms with van der Waals surface area (Å²) in [6.45, 7) is 8.24. The van der Waals surface area contributed by atoms with Crippen LogP contribution in [-0.4, -0.2) is 36.8 Å². The number of nitrogens with zero attached hydrogens (tertiary/aromatic N) is 1. The molecule has 2 aliphatic rings. The predicted molar refractivity (Wildman–Crippen MR) is 130 cm³/mol. The van der Waals surface area contributed by atoms with Crippen LogP contribution in [0.15, 0.2) is 42.6 Å². The first-order valence-corrected chi connectivity index (χ1v) is 12.2. The lowest BCUT2D eigenvalue weighted by Crippen LogP contribution is -2.39. The van der Waals surface area contributed by atoms with Crippen LogP contribution in [0.25, 0.3) is 10.9 Å². The number of likely N-dealkylation sites (tertiary alicyclic amines) is 1. The van der Waals surface area contributed by atoms with Gasteiger partial charge in [-0.05, 0) is 81.2 Å². The highest BCUT2D eigenvalue weighted by Crippen LogP contribution is 2.42. The minimum absolute atomic E-state index is 0.442. The molecule has 0 spiro atoms. The maximum atomic E-state index is 5.86. The average molecular weight is 433 g/mol. The van der Waals surface area contributed by atoms with Gasteiger partial charge in [0.05, 0.1) is 7.11 Å². The van der Waals surface area contributed by atoms with Crippen LogP contribution in [-0.2, 0) is 11.3 Å². The number of H-pyrrole nitrogens is 1. The number of benzene rings is 2. The Morgan fingerprint density at radius 3 is 2.56 bits per heavy atom. The highest BCUT2D eigenvalue weighted by atomic mass is 16.5. The number of hydrogen-bond acceptors (Lipinski definition) is 3. The maximum Gasteiger partial charge on any atom is 0.124 e. The van der Waals surface area contributed by atoms with Gasteiger partial charge < -0.3 is 14.5 Å². The van der Waals surface area contributed by atoms with Gasteiger partial charge in [0.15, 0.2) is 0 Å². The number of aromatic nitrogens is 1. The molecule has 2 aliphatic heterocycles. The normalized spacial score (nSPS) is 23.0. The van der Waals surface area contributed by atoms with Crippen molar-refractivity contribution in [1.29, 1.82) is 0 Å². The van der Waals surface area contributed by atoms with Gasteiger partial charge in [0.1, 0.15) is 5.75 Å². The first kappa shape index (κ1) is 21.5. The molecular formula is C28H36N2O2. The third-order valence-corrected chi connectivity index (χ3v) is 7.84. The molecule has 2 saturated heterocycles. The van der Waals surface area contributed by atoms with Crippen LogP contribution in [0.2, 0.25) is 0 Å². The molecular weight excluding hydrogens is 396 g/mol. The summed E-state index contributed by atoms with van der Waals surface area (Å²) < 4.78 is 11.5. The number of rotatable bonds is 5. The molecule has 0 radical (unpaired) electrons. The third kappa shape index (κ3) is 4.18. The largest absolute Gasteiger partial charge is 0.496 e. The van der Waals surface area contributed by atoms with Gasteiger partial charge in [-0.25, -0.2) is 0 Å². The monoisotopic (exact) mass is 432 g/mol. The lowest BCUT2D eigenvalue weighted by atomic mass is 9.76. The summed E-state index contributed by atoms with van der Waals surface area (Å²) in [5.74, 6) is 2.60. The molecule has 3 heterocycles. The molecule has 2 unspecified atom stereocenters. The number of aryl methyl sites for hydroxylation is 2. The second-order valence-corrected chi connectivity index (χ2v) is 9.77. The van der Waals surface area contributed by atoms with Crippen molar-refractivity contribution in [2.75, 3.05) is 26.9 Å². The summed E-state index contributed by atoms with van der Waals surface area (Å²) in [5.41, 5.74) is 6.54.